The first kappa shape index (κ1) is 15.9. The molecule has 0 bridgehead atoms. The van der Waals surface area contributed by atoms with Gasteiger partial charge in [-0.2, -0.15) is 5.26 Å². The van der Waals surface area contributed by atoms with E-state index in [2.05, 4.69) is 24.8 Å². The van der Waals surface area contributed by atoms with Crippen LogP contribution in [-0.4, -0.2) is 30.6 Å². The minimum atomic E-state index is 0.676. The van der Waals surface area contributed by atoms with Gasteiger partial charge >= 0.3 is 0 Å². The van der Waals surface area contributed by atoms with Crippen LogP contribution < -0.4 is 4.74 Å². The summed E-state index contributed by atoms with van der Waals surface area (Å²) < 4.78 is 5.75. The van der Waals surface area contributed by atoms with Gasteiger partial charge in [0.1, 0.15) is 5.75 Å². The fraction of sp³-hybridized carbons (Fsp3) is 0.611. The molecule has 0 amide bonds. The van der Waals surface area contributed by atoms with Gasteiger partial charge in [0.05, 0.1) is 18.2 Å². The molecule has 3 heteroatoms. The topological polar surface area (TPSA) is 36.3 Å². The van der Waals surface area contributed by atoms with Crippen molar-refractivity contribution >= 4 is 0 Å². The summed E-state index contributed by atoms with van der Waals surface area (Å²) in [7, 11) is 0. The Morgan fingerprint density at radius 1 is 1.29 bits per heavy atom. The number of hydrogen-bond acceptors (Lipinski definition) is 3. The molecule has 1 fully saturated rings. The molecule has 1 aliphatic heterocycles. The Labute approximate surface area is 128 Å². The van der Waals surface area contributed by atoms with Gasteiger partial charge in [0.25, 0.3) is 0 Å². The quantitative estimate of drug-likeness (QED) is 0.746. The zero-order valence-corrected chi connectivity index (χ0v) is 13.2. The van der Waals surface area contributed by atoms with Crippen molar-refractivity contribution in [3.8, 4) is 11.8 Å². The van der Waals surface area contributed by atoms with Gasteiger partial charge in [0, 0.05) is 19.1 Å². The van der Waals surface area contributed by atoms with Crippen molar-refractivity contribution in [2.24, 2.45) is 5.92 Å². The number of nitriles is 1. The fourth-order valence-electron chi connectivity index (χ4n) is 2.99. The Morgan fingerprint density at radius 3 is 2.71 bits per heavy atom. The van der Waals surface area contributed by atoms with Crippen molar-refractivity contribution in [3.05, 3.63) is 29.8 Å². The van der Waals surface area contributed by atoms with Crippen LogP contribution in [0, 0.1) is 17.2 Å². The lowest BCUT2D eigenvalue weighted by Crippen LogP contribution is -2.42. The van der Waals surface area contributed by atoms with Crippen molar-refractivity contribution < 1.29 is 4.74 Å². The highest BCUT2D eigenvalue weighted by Crippen LogP contribution is 2.24. The number of hydrogen-bond donors (Lipinski definition) is 0. The van der Waals surface area contributed by atoms with Crippen molar-refractivity contribution in [1.29, 1.82) is 5.26 Å². The third-order valence-electron chi connectivity index (χ3n) is 4.53. The molecule has 0 unspecified atom stereocenters. The Hall–Kier alpha value is -1.53. The van der Waals surface area contributed by atoms with E-state index in [-0.39, 0.29) is 0 Å². The predicted octanol–water partition coefficient (Wildman–Crippen LogP) is 3.84. The third-order valence-corrected chi connectivity index (χ3v) is 4.53. The lowest BCUT2D eigenvalue weighted by atomic mass is 9.91. The lowest BCUT2D eigenvalue weighted by molar-refractivity contribution is 0.108. The van der Waals surface area contributed by atoms with Crippen molar-refractivity contribution in [3.63, 3.8) is 0 Å². The van der Waals surface area contributed by atoms with Crippen LogP contribution in [0.15, 0.2) is 24.3 Å². The molecule has 0 aliphatic carbocycles. The van der Waals surface area contributed by atoms with E-state index in [9.17, 15) is 0 Å². The van der Waals surface area contributed by atoms with E-state index in [0.29, 0.717) is 11.6 Å². The molecule has 114 valence electrons. The number of rotatable bonds is 6. The molecule has 1 aromatic carbocycles. The van der Waals surface area contributed by atoms with Gasteiger partial charge in [-0.1, -0.05) is 13.3 Å². The average Bonchev–Trinajstić information content (AvgIpc) is 2.53. The minimum absolute atomic E-state index is 0.676. The number of likely N-dealkylation sites (tertiary alicyclic amines) is 1. The molecule has 1 heterocycles. The first-order valence-corrected chi connectivity index (χ1v) is 8.10. The molecular formula is C18H26N2O. The molecule has 0 spiro atoms. The lowest BCUT2D eigenvalue weighted by Gasteiger charge is -2.37. The maximum Gasteiger partial charge on any atom is 0.119 e. The molecule has 2 rings (SSSR count). The molecule has 0 N–H and O–H groups in total. The highest BCUT2D eigenvalue weighted by atomic mass is 16.5. The van der Waals surface area contributed by atoms with Gasteiger partial charge in [-0.25, -0.2) is 0 Å². The molecule has 21 heavy (non-hydrogen) atoms. The monoisotopic (exact) mass is 286 g/mol. The Morgan fingerprint density at radius 2 is 2.05 bits per heavy atom. The number of ether oxygens (including phenoxy) is 1. The van der Waals surface area contributed by atoms with E-state index in [0.717, 1.165) is 31.2 Å². The molecule has 0 aromatic heterocycles. The number of nitrogens with zero attached hydrogens (tertiary/aromatic N) is 2. The van der Waals surface area contributed by atoms with Gasteiger partial charge in [0.2, 0.25) is 0 Å². The molecule has 2 atom stereocenters. The van der Waals surface area contributed by atoms with Crippen LogP contribution in [0.1, 0.15) is 45.1 Å². The van der Waals surface area contributed by atoms with E-state index in [4.69, 9.17) is 10.00 Å². The van der Waals surface area contributed by atoms with E-state index < -0.39 is 0 Å². The summed E-state index contributed by atoms with van der Waals surface area (Å²) >= 11 is 0. The highest BCUT2D eigenvalue weighted by molar-refractivity contribution is 5.34. The first-order chi connectivity index (χ1) is 10.2. The van der Waals surface area contributed by atoms with E-state index in [1.807, 2.05) is 12.1 Å². The number of benzene rings is 1. The maximum absolute atomic E-state index is 8.76. The molecule has 0 saturated carbocycles. The van der Waals surface area contributed by atoms with E-state index in [1.54, 1.807) is 12.1 Å². The molecule has 0 radical (unpaired) electrons. The van der Waals surface area contributed by atoms with Gasteiger partial charge in [0.15, 0.2) is 0 Å². The third kappa shape index (κ3) is 4.75. The van der Waals surface area contributed by atoms with Crippen LogP contribution in [0.2, 0.25) is 0 Å². The maximum atomic E-state index is 8.76. The second-order valence-electron chi connectivity index (χ2n) is 6.03. The first-order valence-electron chi connectivity index (χ1n) is 8.10. The molecule has 3 nitrogen and oxygen atoms in total. The second kappa shape index (κ2) is 8.05. The van der Waals surface area contributed by atoms with E-state index >= 15 is 0 Å². The summed E-state index contributed by atoms with van der Waals surface area (Å²) in [6.45, 7) is 7.74. The SMILES string of the molecule is CC[C@H]1CC[C@H](C)N(CCCOc2ccc(C#N)cc2)C1. The van der Waals surface area contributed by atoms with Crippen LogP contribution in [0.25, 0.3) is 0 Å². The largest absolute Gasteiger partial charge is 0.494 e. The average molecular weight is 286 g/mol. The Balaban J connectivity index is 1.70. The summed E-state index contributed by atoms with van der Waals surface area (Å²) in [5.41, 5.74) is 0.676. The van der Waals surface area contributed by atoms with Crippen molar-refractivity contribution in [2.75, 3.05) is 19.7 Å². The van der Waals surface area contributed by atoms with Gasteiger partial charge < -0.3 is 9.64 Å². The zero-order valence-electron chi connectivity index (χ0n) is 13.2. The Kier molecular flexibility index (Phi) is 6.07. The summed E-state index contributed by atoms with van der Waals surface area (Å²) in [6, 6.07) is 10.2. The smallest absolute Gasteiger partial charge is 0.119 e. The minimum Gasteiger partial charge on any atom is -0.494 e. The normalized spacial score (nSPS) is 22.7. The van der Waals surface area contributed by atoms with Crippen LogP contribution in [0.3, 0.4) is 0 Å². The summed E-state index contributed by atoms with van der Waals surface area (Å²) in [5, 5.41) is 8.76. The van der Waals surface area contributed by atoms with Crippen molar-refractivity contribution in [1.82, 2.24) is 4.90 Å². The predicted molar refractivity (Wildman–Crippen MR) is 85.3 cm³/mol. The zero-order chi connectivity index (χ0) is 15.1. The molecule has 1 aromatic rings. The Bertz CT molecular complexity index is 463. The summed E-state index contributed by atoms with van der Waals surface area (Å²) in [5.74, 6) is 1.73. The highest BCUT2D eigenvalue weighted by Gasteiger charge is 2.23. The van der Waals surface area contributed by atoms with Crippen LogP contribution in [-0.2, 0) is 0 Å². The molecule has 1 aliphatic rings. The van der Waals surface area contributed by atoms with Crippen LogP contribution in [0.4, 0.5) is 0 Å². The summed E-state index contributed by atoms with van der Waals surface area (Å²) in [4.78, 5) is 2.61. The summed E-state index contributed by atoms with van der Waals surface area (Å²) in [6.07, 6.45) is 5.07. The van der Waals surface area contributed by atoms with Crippen LogP contribution in [0.5, 0.6) is 5.75 Å². The van der Waals surface area contributed by atoms with Gasteiger partial charge in [-0.05, 0) is 56.4 Å². The van der Waals surface area contributed by atoms with Gasteiger partial charge in [-0.3, -0.25) is 0 Å². The number of piperidine rings is 1. The van der Waals surface area contributed by atoms with E-state index in [1.165, 1.54) is 25.8 Å². The molecule has 1 saturated heterocycles. The standard InChI is InChI=1S/C18H26N2O/c1-3-16-6-5-15(2)20(14-16)11-4-12-21-18-9-7-17(13-19)8-10-18/h7-10,15-16H,3-6,11-12,14H2,1-2H3/t15-,16-/m0/s1. The van der Waals surface area contributed by atoms with Crippen LogP contribution >= 0.6 is 0 Å². The molecular weight excluding hydrogens is 260 g/mol. The van der Waals surface area contributed by atoms with Gasteiger partial charge in [-0.15, -0.1) is 0 Å². The second-order valence-corrected chi connectivity index (χ2v) is 6.03. The van der Waals surface area contributed by atoms with Crippen molar-refractivity contribution in [2.45, 2.75) is 45.6 Å². The fourth-order valence-corrected chi connectivity index (χ4v) is 2.99.